The second-order valence-corrected chi connectivity index (χ2v) is 11.9. The van der Waals surface area contributed by atoms with Crippen molar-refractivity contribution in [3.63, 3.8) is 0 Å². The van der Waals surface area contributed by atoms with Gasteiger partial charge in [0.2, 0.25) is 0 Å². The molecule has 9 heteroatoms. The van der Waals surface area contributed by atoms with Crippen LogP contribution in [0.2, 0.25) is 0 Å². The van der Waals surface area contributed by atoms with Crippen molar-refractivity contribution in [1.82, 2.24) is 15.2 Å². The third-order valence-corrected chi connectivity index (χ3v) is 7.39. The average Bonchev–Trinajstić information content (AvgIpc) is 3.78. The summed E-state index contributed by atoms with van der Waals surface area (Å²) >= 11 is 0. The number of ether oxygens (including phenoxy) is 1. The van der Waals surface area contributed by atoms with Gasteiger partial charge in [-0.25, -0.2) is 9.78 Å². The SMILES string of the molecule is C=C(CCC)N1CCN(c2nc(C3CC3)c(C(/C=C(\N)NC(=O)OC(C)(C)C)=C/N)cc2C#N)CC1C1CC1. The number of hydrogen-bond acceptors (Lipinski definition) is 8. The van der Waals surface area contributed by atoms with Gasteiger partial charge in [0.05, 0.1) is 11.3 Å². The maximum atomic E-state index is 12.2. The summed E-state index contributed by atoms with van der Waals surface area (Å²) in [6, 6.07) is 4.65. The number of hydrogen-bond donors (Lipinski definition) is 3. The van der Waals surface area contributed by atoms with E-state index in [0.29, 0.717) is 29.0 Å². The molecule has 0 spiro atoms. The molecule has 1 amide bonds. The summed E-state index contributed by atoms with van der Waals surface area (Å²) in [5.41, 5.74) is 15.5. The van der Waals surface area contributed by atoms with Crippen LogP contribution in [0.1, 0.15) is 89.0 Å². The quantitative estimate of drug-likeness (QED) is 0.390. The van der Waals surface area contributed by atoms with E-state index in [2.05, 4.69) is 34.7 Å². The fourth-order valence-corrected chi connectivity index (χ4v) is 5.29. The topological polar surface area (TPSA) is 134 Å². The molecule has 1 unspecified atom stereocenters. The Kier molecular flexibility index (Phi) is 8.43. The molecule has 0 radical (unpaired) electrons. The first-order valence-corrected chi connectivity index (χ1v) is 14.1. The number of allylic oxidation sites excluding steroid dienone is 3. The van der Waals surface area contributed by atoms with Crippen molar-refractivity contribution in [2.24, 2.45) is 17.4 Å². The number of pyridine rings is 1. The van der Waals surface area contributed by atoms with E-state index in [1.807, 2.05) is 6.07 Å². The summed E-state index contributed by atoms with van der Waals surface area (Å²) in [5.74, 6) is 1.82. The second kappa shape index (κ2) is 11.6. The first-order chi connectivity index (χ1) is 18.5. The monoisotopic (exact) mass is 533 g/mol. The van der Waals surface area contributed by atoms with E-state index < -0.39 is 11.7 Å². The van der Waals surface area contributed by atoms with Crippen LogP contribution in [0.5, 0.6) is 0 Å². The molecule has 39 heavy (non-hydrogen) atoms. The zero-order chi connectivity index (χ0) is 28.3. The van der Waals surface area contributed by atoms with Crippen LogP contribution in [0.3, 0.4) is 0 Å². The summed E-state index contributed by atoms with van der Waals surface area (Å²) in [7, 11) is 0. The van der Waals surface area contributed by atoms with Crippen LogP contribution in [0.25, 0.3) is 5.57 Å². The molecule has 3 aliphatic rings. The molecule has 0 bridgehead atoms. The predicted octanol–water partition coefficient (Wildman–Crippen LogP) is 4.67. The lowest BCUT2D eigenvalue weighted by Gasteiger charge is -2.44. The lowest BCUT2D eigenvalue weighted by Crippen LogP contribution is -2.54. The molecule has 0 aromatic carbocycles. The van der Waals surface area contributed by atoms with Crippen molar-refractivity contribution in [1.29, 1.82) is 5.26 Å². The number of anilines is 1. The van der Waals surface area contributed by atoms with Gasteiger partial charge in [-0.15, -0.1) is 0 Å². The Morgan fingerprint density at radius 3 is 2.59 bits per heavy atom. The number of carbonyl (C=O) groups excluding carboxylic acids is 1. The van der Waals surface area contributed by atoms with Crippen LogP contribution in [-0.2, 0) is 4.74 Å². The minimum absolute atomic E-state index is 0.0981. The van der Waals surface area contributed by atoms with Crippen molar-refractivity contribution in [2.45, 2.75) is 83.8 Å². The molecule has 1 aliphatic heterocycles. The number of amides is 1. The van der Waals surface area contributed by atoms with Crippen LogP contribution in [-0.4, -0.2) is 47.3 Å². The minimum atomic E-state index is -0.648. The molecule has 1 saturated heterocycles. The Balaban J connectivity index is 1.62. The van der Waals surface area contributed by atoms with Crippen LogP contribution in [0, 0.1) is 17.2 Å². The van der Waals surface area contributed by atoms with Crippen LogP contribution in [0.15, 0.2) is 36.4 Å². The highest BCUT2D eigenvalue weighted by molar-refractivity contribution is 5.79. The van der Waals surface area contributed by atoms with Crippen LogP contribution in [0.4, 0.5) is 10.6 Å². The Hall–Kier alpha value is -3.67. The van der Waals surface area contributed by atoms with Gasteiger partial charge in [0.15, 0.2) is 0 Å². The van der Waals surface area contributed by atoms with Crippen LogP contribution >= 0.6 is 0 Å². The minimum Gasteiger partial charge on any atom is -0.444 e. The zero-order valence-corrected chi connectivity index (χ0v) is 23.8. The third kappa shape index (κ3) is 7.05. The highest BCUT2D eigenvalue weighted by Crippen LogP contribution is 2.44. The smallest absolute Gasteiger partial charge is 0.413 e. The Morgan fingerprint density at radius 1 is 1.31 bits per heavy atom. The van der Waals surface area contributed by atoms with Gasteiger partial charge in [0.1, 0.15) is 23.3 Å². The van der Waals surface area contributed by atoms with Gasteiger partial charge >= 0.3 is 6.09 Å². The summed E-state index contributed by atoms with van der Waals surface area (Å²) < 4.78 is 5.29. The normalized spacial score (nSPS) is 20.4. The van der Waals surface area contributed by atoms with Gasteiger partial charge in [-0.05, 0) is 70.9 Å². The maximum Gasteiger partial charge on any atom is 0.413 e. The van der Waals surface area contributed by atoms with Gasteiger partial charge in [0, 0.05) is 54.6 Å². The largest absolute Gasteiger partial charge is 0.444 e. The van der Waals surface area contributed by atoms with Gasteiger partial charge in [-0.3, -0.25) is 5.32 Å². The third-order valence-electron chi connectivity index (χ3n) is 7.39. The van der Waals surface area contributed by atoms with Crippen molar-refractivity contribution < 1.29 is 9.53 Å². The number of nitrogens with one attached hydrogen (secondary N) is 1. The van der Waals surface area contributed by atoms with E-state index in [0.717, 1.165) is 62.4 Å². The molecule has 2 saturated carbocycles. The fourth-order valence-electron chi connectivity index (χ4n) is 5.29. The molecule has 210 valence electrons. The molecule has 9 nitrogen and oxygen atoms in total. The Labute approximate surface area is 232 Å². The van der Waals surface area contributed by atoms with Gasteiger partial charge in [-0.1, -0.05) is 19.9 Å². The summed E-state index contributed by atoms with van der Waals surface area (Å²) in [6.45, 7) is 14.4. The number of carbonyl (C=O) groups is 1. The molecule has 1 atom stereocenters. The molecule has 1 aromatic rings. The average molecular weight is 534 g/mol. The lowest BCUT2D eigenvalue weighted by atomic mass is 9.98. The summed E-state index contributed by atoms with van der Waals surface area (Å²) in [5, 5.41) is 12.7. The van der Waals surface area contributed by atoms with Crippen molar-refractivity contribution in [3.8, 4) is 6.07 Å². The molecule has 2 aliphatic carbocycles. The van der Waals surface area contributed by atoms with Crippen molar-refractivity contribution >= 4 is 17.5 Å². The fraction of sp³-hybridized carbons (Fsp3) is 0.567. The first-order valence-electron chi connectivity index (χ1n) is 14.1. The molecule has 4 rings (SSSR count). The summed E-state index contributed by atoms with van der Waals surface area (Å²) in [4.78, 5) is 22.1. The van der Waals surface area contributed by atoms with Gasteiger partial charge < -0.3 is 26.0 Å². The lowest BCUT2D eigenvalue weighted by molar-refractivity contribution is 0.0545. The Bertz CT molecular complexity index is 1200. The summed E-state index contributed by atoms with van der Waals surface area (Å²) in [6.07, 6.45) is 9.05. The van der Waals surface area contributed by atoms with E-state index in [1.54, 1.807) is 26.8 Å². The maximum absolute atomic E-state index is 12.2. The predicted molar refractivity (Wildman–Crippen MR) is 154 cm³/mol. The number of nitrogens with zero attached hydrogens (tertiary/aromatic N) is 4. The highest BCUT2D eigenvalue weighted by atomic mass is 16.6. The molecule has 3 fully saturated rings. The second-order valence-electron chi connectivity index (χ2n) is 11.9. The number of aromatic nitrogens is 1. The van der Waals surface area contributed by atoms with Gasteiger partial charge in [-0.2, -0.15) is 5.26 Å². The van der Waals surface area contributed by atoms with Crippen molar-refractivity contribution in [3.05, 3.63) is 53.3 Å². The highest BCUT2D eigenvalue weighted by Gasteiger charge is 2.40. The number of rotatable bonds is 9. The number of piperazine rings is 1. The molecular formula is C30H43N7O2. The standard InChI is InChI=1S/C30H43N7O2/c1-6-7-19(2)37-13-12-36(18-25(37)20-8-9-20)28-23(17-32)14-24(27(35-28)21-10-11-21)22(16-31)15-26(33)34-29(38)39-30(3,4)5/h14-16,20-21,25H,2,6-13,18,31,33H2,1,3-5H3,(H,34,38)/b22-16+,26-15+. The Morgan fingerprint density at radius 2 is 2.03 bits per heavy atom. The zero-order valence-electron chi connectivity index (χ0n) is 23.8. The van der Waals surface area contributed by atoms with E-state index in [4.69, 9.17) is 21.2 Å². The van der Waals surface area contributed by atoms with Gasteiger partial charge in [0.25, 0.3) is 0 Å². The van der Waals surface area contributed by atoms with Crippen LogP contribution < -0.4 is 21.7 Å². The molecule has 1 aromatic heterocycles. The van der Waals surface area contributed by atoms with E-state index in [1.165, 1.54) is 24.7 Å². The van der Waals surface area contributed by atoms with E-state index >= 15 is 0 Å². The van der Waals surface area contributed by atoms with Crippen molar-refractivity contribution in [2.75, 3.05) is 24.5 Å². The first kappa shape index (κ1) is 28.3. The van der Waals surface area contributed by atoms with E-state index in [-0.39, 0.29) is 5.82 Å². The van der Waals surface area contributed by atoms with E-state index in [9.17, 15) is 10.1 Å². The molecular weight excluding hydrogens is 490 g/mol. The molecule has 5 N–H and O–H groups in total. The number of alkyl carbamates (subject to hydrolysis) is 1. The molecule has 2 heterocycles. The number of nitriles is 1. The number of nitrogens with two attached hydrogens (primary N) is 2.